The third-order valence-corrected chi connectivity index (χ3v) is 24.9. The fourth-order valence-electron chi connectivity index (χ4n) is 16.5. The van der Waals surface area contributed by atoms with Gasteiger partial charge in [0.2, 0.25) is 100 Å². The number of likely N-dealkylation sites (N-methyl/N-ethyl adjacent to an activating group) is 1. The van der Waals surface area contributed by atoms with Crippen LogP contribution in [0.25, 0.3) is 11.1 Å². The number of ether oxygens (including phenoxy) is 1. The number of aliphatic carboxylic acids is 2. The molecular weight excluding hydrogens is 1890 g/mol. The Labute approximate surface area is 849 Å². The smallest absolute Gasteiger partial charge is 0.341 e. The van der Waals surface area contributed by atoms with Gasteiger partial charge in [0.15, 0.2) is 6.61 Å². The lowest BCUT2D eigenvalue weighted by molar-refractivity contribution is -0.143. The highest BCUT2D eigenvalue weighted by Gasteiger charge is 2.41. The van der Waals surface area contributed by atoms with Gasteiger partial charge in [-0.1, -0.05) is 201 Å². The summed E-state index contributed by atoms with van der Waals surface area (Å²) in [6, 6.07) is 11.9. The highest BCUT2D eigenvalue weighted by molar-refractivity contribution is 6.02. The van der Waals surface area contributed by atoms with Crippen molar-refractivity contribution < 1.29 is 111 Å². The number of nitrogens with zero attached hydrogens (tertiary/aromatic N) is 1. The lowest BCUT2D eigenvalue weighted by Gasteiger charge is -2.32. The maximum Gasteiger partial charge on any atom is 0.341 e. The summed E-state index contributed by atoms with van der Waals surface area (Å²) in [6.45, 7) is 13.9. The second-order valence-corrected chi connectivity index (χ2v) is 37.4. The Balaban J connectivity index is 1.30. The third-order valence-electron chi connectivity index (χ3n) is 24.9. The van der Waals surface area contributed by atoms with Gasteiger partial charge in [0.05, 0.1) is 6.42 Å². The number of carbonyl (C=O) groups is 20. The molecule has 0 bridgehead atoms. The van der Waals surface area contributed by atoms with Gasteiger partial charge in [0.1, 0.15) is 103 Å². The Hall–Kier alpha value is -14.6. The van der Waals surface area contributed by atoms with Gasteiger partial charge >= 0.3 is 11.9 Å². The van der Waals surface area contributed by atoms with Gasteiger partial charge in [-0.25, -0.2) is 4.79 Å². The SMILES string of the molecule is CCC(=O)N[C@@H](CC)C(=O)N[C@@H](Cc1ccc(OCC(=O)O)cc1)C(=O)N[C@@H](CC(=O)O)C(=O)N[C@@H](Cc1cccc(C)c1)C(=O)N[C@@H](Cc1ccc(C=O)cc1)C(=O)N[C@@H](Cc1ccc(-c2ccccc2)cc1)C(=O)N[C@@H](CCC(N)=O)C(=O)N(C)[C@@H](C)C(=O)N[C@H](CC(C)C)C(=O)N[C@@H](CCN)C(=O)NC(CC1CCCCC1)C(=O)NC(C(=O)N[C@@H](CCCN)C(=O)N[C@@H](CC)C(=O)N[C@@H](CCN)C(N)=O)C(C)C. The molecule has 15 atom stereocenters. The standard InChI is InChI=1S/C103H146N20O23/c1-11-71(109-85(126)13-3)91(133)116-79(53-65-35-39-70(40-36-65)146-57-87(129)130)98(140)121-83(55-86(127)128)100(142)120-82(54-67-25-20-22-60(8)49-67)99(141)119-80(51-63-29-31-66(56-124)32-30-63)97(139)118-78(52-64-33-37-69(38-34-64)68-26-18-15-19-27-68)96(138)114-76(41-42-84(107)125)103(145)123(10)61(9)90(132)115-77(48-58(4)5)95(137)112-75(44-47-106)94(136)117-81(50-62-23-16-14-17-24-62)101(143)122-88(59(6)7)102(144)113-74(28-21-45-104)93(135)110-72(12-2)92(134)111-73(43-46-105)89(108)131/h15,18-20,22,25-27,29-40,49,56,58-59,61-62,71-83,88H,11-14,16-17,21,23-24,28,41-48,50-55,57,104-106H2,1-10H3,(H2,107,125)(H2,108,131)(H,109,126)(H,110,135)(H,111,134)(H,112,137)(H,113,144)(H,114,138)(H,115,132)(H,116,133)(H,117,136)(H,118,139)(H,119,141)(H,120,142)(H,121,140)(H,122,143)(H,127,128)(H,129,130)/t61-,71-,72-,73-,74-,75-,76-,77+,78-,79-,80-,81?,82-,83-,88?/m0/s1. The zero-order valence-corrected chi connectivity index (χ0v) is 84.6. The van der Waals surface area contributed by atoms with E-state index in [0.717, 1.165) is 35.3 Å². The van der Waals surface area contributed by atoms with Crippen molar-refractivity contribution in [3.8, 4) is 16.9 Å². The minimum atomic E-state index is -2.03. The molecule has 0 saturated heterocycles. The topological polar surface area (TPSA) is 693 Å². The molecule has 43 heteroatoms. The number of carboxylic acids is 2. The number of hydrogen-bond donors (Lipinski definition) is 21. The summed E-state index contributed by atoms with van der Waals surface area (Å²) in [4.78, 5) is 281. The molecule has 17 amide bonds. The first-order chi connectivity index (χ1) is 69.4. The number of carboxylic acid groups (broad SMARTS) is 2. The van der Waals surface area contributed by atoms with E-state index >= 15 is 19.2 Å². The maximum atomic E-state index is 15.7. The van der Waals surface area contributed by atoms with Gasteiger partial charge in [-0.2, -0.15) is 0 Å². The van der Waals surface area contributed by atoms with Crippen molar-refractivity contribution in [3.63, 3.8) is 0 Å². The molecule has 5 aromatic carbocycles. The molecule has 0 aromatic heterocycles. The number of benzene rings is 5. The number of rotatable bonds is 63. The summed E-state index contributed by atoms with van der Waals surface area (Å²) >= 11 is 0. The second kappa shape index (κ2) is 61.5. The Bertz CT molecular complexity index is 5260. The van der Waals surface area contributed by atoms with Crippen LogP contribution in [0.15, 0.2) is 127 Å². The molecule has 1 saturated carbocycles. The molecule has 796 valence electrons. The van der Waals surface area contributed by atoms with Crippen LogP contribution in [-0.2, 0) is 117 Å². The molecule has 6 rings (SSSR count). The number of aryl methyl sites for hydroxylation is 1. The minimum absolute atomic E-state index is 0.00643. The van der Waals surface area contributed by atoms with Crippen molar-refractivity contribution >= 4 is 119 Å². The Kier molecular flexibility index (Phi) is 50.6. The van der Waals surface area contributed by atoms with Crippen molar-refractivity contribution in [2.45, 2.75) is 288 Å². The zero-order valence-electron chi connectivity index (χ0n) is 84.6. The van der Waals surface area contributed by atoms with Crippen molar-refractivity contribution in [3.05, 3.63) is 161 Å². The van der Waals surface area contributed by atoms with Crippen LogP contribution in [0.5, 0.6) is 5.75 Å². The molecule has 146 heavy (non-hydrogen) atoms. The Morgan fingerprint density at radius 2 is 0.842 bits per heavy atom. The number of nitrogens with two attached hydrogens (primary N) is 5. The van der Waals surface area contributed by atoms with E-state index in [4.69, 9.17) is 33.4 Å². The Morgan fingerprint density at radius 3 is 1.32 bits per heavy atom. The third kappa shape index (κ3) is 40.5. The first-order valence-electron chi connectivity index (χ1n) is 49.5. The monoisotopic (exact) mass is 2030 g/mol. The van der Waals surface area contributed by atoms with Gasteiger partial charge in [-0.3, -0.25) is 91.1 Å². The zero-order chi connectivity index (χ0) is 108. The van der Waals surface area contributed by atoms with E-state index in [-0.39, 0.29) is 120 Å². The number of carbonyl (C=O) groups excluding carboxylic acids is 18. The largest absolute Gasteiger partial charge is 0.482 e. The predicted molar refractivity (Wildman–Crippen MR) is 540 cm³/mol. The fourth-order valence-corrected chi connectivity index (χ4v) is 16.5. The van der Waals surface area contributed by atoms with Gasteiger partial charge in [0.25, 0.3) is 0 Å². The molecule has 0 aliphatic heterocycles. The summed E-state index contributed by atoms with van der Waals surface area (Å²) in [7, 11) is 1.21. The highest BCUT2D eigenvalue weighted by atomic mass is 16.5. The van der Waals surface area contributed by atoms with Crippen LogP contribution in [0, 0.1) is 24.7 Å². The number of aldehydes is 1. The van der Waals surface area contributed by atoms with E-state index in [0.29, 0.717) is 46.9 Å². The van der Waals surface area contributed by atoms with Crippen molar-refractivity contribution in [2.24, 2.45) is 46.4 Å². The van der Waals surface area contributed by atoms with Gasteiger partial charge in [-0.05, 0) is 155 Å². The summed E-state index contributed by atoms with van der Waals surface area (Å²) < 4.78 is 5.26. The van der Waals surface area contributed by atoms with Gasteiger partial charge in [0, 0.05) is 51.1 Å². The average Bonchev–Trinajstić information content (AvgIpc) is 0.842. The molecule has 5 aromatic rings. The van der Waals surface area contributed by atoms with Crippen LogP contribution < -0.4 is 108 Å². The summed E-state index contributed by atoms with van der Waals surface area (Å²) in [5.74, 6) is -19.3. The Morgan fingerprint density at radius 1 is 0.418 bits per heavy atom. The lowest BCUT2D eigenvalue weighted by atomic mass is 9.84. The first-order valence-corrected chi connectivity index (χ1v) is 49.5. The summed E-state index contributed by atoms with van der Waals surface area (Å²) in [6.07, 6.45) is 1.10. The van der Waals surface area contributed by atoms with Crippen LogP contribution >= 0.6 is 0 Å². The quantitative estimate of drug-likeness (QED) is 0.0234. The van der Waals surface area contributed by atoms with Crippen LogP contribution in [0.3, 0.4) is 0 Å². The lowest BCUT2D eigenvalue weighted by Crippen LogP contribution is -2.62. The molecule has 43 nitrogen and oxygen atoms in total. The van der Waals surface area contributed by atoms with E-state index in [1.165, 1.54) is 62.5 Å². The maximum absolute atomic E-state index is 15.7. The molecule has 1 aliphatic rings. The van der Waals surface area contributed by atoms with Crippen LogP contribution in [0.4, 0.5) is 0 Å². The summed E-state index contributed by atoms with van der Waals surface area (Å²) in [5, 5.41) is 56.7. The van der Waals surface area contributed by atoms with Crippen LogP contribution in [0.1, 0.15) is 203 Å². The molecule has 2 unspecified atom stereocenters. The number of hydrogen-bond acceptors (Lipinski definition) is 24. The molecule has 1 aliphatic carbocycles. The predicted octanol–water partition coefficient (Wildman–Crippen LogP) is 0.407. The summed E-state index contributed by atoms with van der Waals surface area (Å²) in [5.41, 5.74) is 32.8. The molecule has 0 spiro atoms. The van der Waals surface area contributed by atoms with E-state index in [1.807, 2.05) is 30.3 Å². The van der Waals surface area contributed by atoms with Crippen molar-refractivity contribution in [2.75, 3.05) is 33.3 Å². The van der Waals surface area contributed by atoms with Crippen molar-refractivity contribution in [1.82, 2.24) is 79.3 Å². The molecule has 0 heterocycles. The molecule has 1 fully saturated rings. The molecule has 26 N–H and O–H groups in total. The van der Waals surface area contributed by atoms with Crippen molar-refractivity contribution in [1.29, 1.82) is 0 Å². The molecule has 0 radical (unpaired) electrons. The minimum Gasteiger partial charge on any atom is -0.482 e. The number of nitrogens with one attached hydrogen (secondary N) is 14. The fraction of sp³-hybridized carbons (Fsp3) is 0.515. The van der Waals surface area contributed by atoms with Crippen LogP contribution in [0.2, 0.25) is 0 Å². The number of primary amides is 2. The highest BCUT2D eigenvalue weighted by Crippen LogP contribution is 2.29. The normalized spacial score (nSPS) is 15.0. The number of amides is 17. The van der Waals surface area contributed by atoms with E-state index in [1.54, 1.807) is 104 Å². The average molecular weight is 2030 g/mol. The second-order valence-electron chi connectivity index (χ2n) is 37.4. The van der Waals surface area contributed by atoms with E-state index in [2.05, 4.69) is 74.4 Å². The van der Waals surface area contributed by atoms with E-state index in [9.17, 15) is 86.9 Å². The van der Waals surface area contributed by atoms with Gasteiger partial charge in [-0.15, -0.1) is 0 Å². The van der Waals surface area contributed by atoms with Gasteiger partial charge < -0.3 is 123 Å². The van der Waals surface area contributed by atoms with Crippen LogP contribution in [-0.4, -0.2) is 258 Å². The first kappa shape index (κ1) is 120. The van der Waals surface area contributed by atoms with E-state index < -0.39 is 241 Å². The molecular formula is C103H146N20O23.